The third-order valence-electron chi connectivity index (χ3n) is 7.86. The summed E-state index contributed by atoms with van der Waals surface area (Å²) in [5.74, 6) is 2.47. The lowest BCUT2D eigenvalue weighted by molar-refractivity contribution is 0.104. The minimum absolute atomic E-state index is 0. The van der Waals surface area contributed by atoms with Crippen LogP contribution in [0.5, 0.6) is 17.2 Å². The van der Waals surface area contributed by atoms with Gasteiger partial charge in [-0.1, -0.05) is 37.7 Å². The SMILES string of the molecule is COc1ccc2c(c1)N(CCCN1CCN(CCOc3ccc(OCC(O)CNC(C)C)cc3)CC1)c1ccccc1S2.Cl.Cl.Cl. The molecule has 2 aliphatic heterocycles. The lowest BCUT2D eigenvalue weighted by atomic mass is 10.2. The van der Waals surface area contributed by atoms with Gasteiger partial charge in [0.2, 0.25) is 0 Å². The van der Waals surface area contributed by atoms with Gasteiger partial charge in [-0.3, -0.25) is 4.90 Å². The molecule has 1 fully saturated rings. The monoisotopic (exact) mass is 714 g/mol. The first kappa shape index (κ1) is 40.1. The molecule has 3 aromatic carbocycles. The van der Waals surface area contributed by atoms with Crippen LogP contribution in [0.4, 0.5) is 11.4 Å². The summed E-state index contributed by atoms with van der Waals surface area (Å²) in [6, 6.07) is 23.1. The van der Waals surface area contributed by atoms with Gasteiger partial charge in [0.1, 0.15) is 36.6 Å². The standard InChI is InChI=1S/C34H46N4O4S.3ClH/c1-26(2)35-24-27(39)25-42-29-11-9-28(10-12-29)41-22-21-37-19-17-36(18-20-37)15-6-16-38-31-7-4-5-8-33(31)43-34-14-13-30(40-3)23-32(34)38;;;/h4-5,7-14,23,26-27,35,39H,6,15-22,24-25H2,1-3H3;3*1H. The molecule has 12 heteroatoms. The van der Waals surface area contributed by atoms with Gasteiger partial charge in [0, 0.05) is 67.7 Å². The van der Waals surface area contributed by atoms with E-state index < -0.39 is 6.10 Å². The number of anilines is 2. The van der Waals surface area contributed by atoms with E-state index in [1.54, 1.807) is 7.11 Å². The summed E-state index contributed by atoms with van der Waals surface area (Å²) in [7, 11) is 1.73. The van der Waals surface area contributed by atoms with Gasteiger partial charge in [-0.2, -0.15) is 0 Å². The number of hydrogen-bond donors (Lipinski definition) is 2. The Hall–Kier alpha value is -2.08. The average Bonchev–Trinajstić information content (AvgIpc) is 3.03. The van der Waals surface area contributed by atoms with Crippen LogP contribution in [0.3, 0.4) is 0 Å². The fourth-order valence-corrected chi connectivity index (χ4v) is 6.49. The Bertz CT molecular complexity index is 1300. The van der Waals surface area contributed by atoms with Crippen molar-refractivity contribution in [2.24, 2.45) is 0 Å². The van der Waals surface area contributed by atoms with Crippen LogP contribution >= 0.6 is 49.0 Å². The van der Waals surface area contributed by atoms with Crippen molar-refractivity contribution < 1.29 is 19.3 Å². The molecule has 1 atom stereocenters. The van der Waals surface area contributed by atoms with Gasteiger partial charge in [0.05, 0.1) is 18.5 Å². The van der Waals surface area contributed by atoms with Gasteiger partial charge in [-0.25, -0.2) is 0 Å². The van der Waals surface area contributed by atoms with E-state index in [-0.39, 0.29) is 43.8 Å². The number of fused-ring (bicyclic) bond motifs is 2. The molecule has 2 aliphatic rings. The van der Waals surface area contributed by atoms with Crippen LogP contribution in [0, 0.1) is 0 Å². The second kappa shape index (κ2) is 20.3. The number of benzene rings is 3. The molecule has 3 aromatic rings. The number of nitrogens with zero attached hydrogens (tertiary/aromatic N) is 3. The molecule has 1 unspecified atom stereocenters. The van der Waals surface area contributed by atoms with Crippen molar-refractivity contribution in [3.05, 3.63) is 66.7 Å². The molecule has 46 heavy (non-hydrogen) atoms. The fourth-order valence-electron chi connectivity index (χ4n) is 5.41. The third kappa shape index (κ3) is 11.6. The summed E-state index contributed by atoms with van der Waals surface area (Å²) in [6.07, 6.45) is 0.568. The van der Waals surface area contributed by atoms with Crippen LogP contribution in [-0.2, 0) is 0 Å². The van der Waals surface area contributed by atoms with E-state index in [2.05, 4.69) is 76.3 Å². The number of aliphatic hydroxyl groups is 1. The van der Waals surface area contributed by atoms with Crippen LogP contribution < -0.4 is 24.4 Å². The Morgan fingerprint density at radius 2 is 1.37 bits per heavy atom. The normalized spacial score (nSPS) is 15.0. The van der Waals surface area contributed by atoms with Gasteiger partial charge in [-0.05, 0) is 61.5 Å². The summed E-state index contributed by atoms with van der Waals surface area (Å²) >= 11 is 1.84. The molecule has 0 aromatic heterocycles. The number of rotatable bonds is 15. The van der Waals surface area contributed by atoms with Crippen LogP contribution in [0.15, 0.2) is 76.5 Å². The lowest BCUT2D eigenvalue weighted by Crippen LogP contribution is -2.47. The Balaban J connectivity index is 0.00000245. The van der Waals surface area contributed by atoms with Crippen LogP contribution in [0.2, 0.25) is 0 Å². The number of ether oxygens (including phenoxy) is 3. The first-order valence-corrected chi connectivity index (χ1v) is 16.2. The Kier molecular flexibility index (Phi) is 17.7. The molecular formula is C34H49Cl3N4O4S. The summed E-state index contributed by atoms with van der Waals surface area (Å²) in [6.45, 7) is 12.8. The summed E-state index contributed by atoms with van der Waals surface area (Å²) < 4.78 is 17.2. The molecule has 0 radical (unpaired) electrons. The summed E-state index contributed by atoms with van der Waals surface area (Å²) in [4.78, 5) is 10.1. The largest absolute Gasteiger partial charge is 0.497 e. The maximum Gasteiger partial charge on any atom is 0.121 e. The molecule has 2 N–H and O–H groups in total. The maximum atomic E-state index is 10.0. The highest BCUT2D eigenvalue weighted by molar-refractivity contribution is 7.99. The highest BCUT2D eigenvalue weighted by atomic mass is 35.5. The second-order valence-electron chi connectivity index (χ2n) is 11.4. The lowest BCUT2D eigenvalue weighted by Gasteiger charge is -2.36. The first-order valence-electron chi connectivity index (χ1n) is 15.4. The molecule has 2 heterocycles. The molecule has 8 nitrogen and oxygen atoms in total. The van der Waals surface area contributed by atoms with Gasteiger partial charge >= 0.3 is 0 Å². The van der Waals surface area contributed by atoms with E-state index in [1.807, 2.05) is 36.0 Å². The van der Waals surface area contributed by atoms with Crippen LogP contribution in [0.25, 0.3) is 0 Å². The van der Waals surface area contributed by atoms with Crippen molar-refractivity contribution in [3.8, 4) is 17.2 Å². The Morgan fingerprint density at radius 1 is 0.761 bits per heavy atom. The Labute approximate surface area is 297 Å². The van der Waals surface area contributed by atoms with Crippen molar-refractivity contribution >= 4 is 60.4 Å². The van der Waals surface area contributed by atoms with Gasteiger partial charge in [-0.15, -0.1) is 37.2 Å². The zero-order valence-electron chi connectivity index (χ0n) is 26.9. The molecule has 0 spiro atoms. The molecule has 1 saturated heterocycles. The molecule has 0 saturated carbocycles. The zero-order chi connectivity index (χ0) is 30.0. The zero-order valence-corrected chi connectivity index (χ0v) is 30.2. The van der Waals surface area contributed by atoms with E-state index in [1.165, 1.54) is 21.2 Å². The fraction of sp³-hybridized carbons (Fsp3) is 0.471. The van der Waals surface area contributed by atoms with Crippen molar-refractivity contribution in [3.63, 3.8) is 0 Å². The van der Waals surface area contributed by atoms with E-state index in [9.17, 15) is 5.11 Å². The highest BCUT2D eigenvalue weighted by Gasteiger charge is 2.24. The van der Waals surface area contributed by atoms with Gasteiger partial charge in [0.15, 0.2) is 0 Å². The number of para-hydroxylation sites is 1. The quantitative estimate of drug-likeness (QED) is 0.187. The van der Waals surface area contributed by atoms with Crippen molar-refractivity contribution in [1.29, 1.82) is 0 Å². The average molecular weight is 716 g/mol. The summed E-state index contributed by atoms with van der Waals surface area (Å²) in [5.41, 5.74) is 2.53. The third-order valence-corrected chi connectivity index (χ3v) is 8.99. The van der Waals surface area contributed by atoms with Crippen LogP contribution in [-0.4, -0.2) is 99.7 Å². The highest BCUT2D eigenvalue weighted by Crippen LogP contribution is 2.49. The first-order chi connectivity index (χ1) is 21.0. The van der Waals surface area contributed by atoms with Crippen LogP contribution in [0.1, 0.15) is 20.3 Å². The van der Waals surface area contributed by atoms with Gasteiger partial charge in [0.25, 0.3) is 0 Å². The minimum atomic E-state index is -0.535. The number of piperazine rings is 1. The number of nitrogens with one attached hydrogen (secondary N) is 1. The van der Waals surface area contributed by atoms with Crippen molar-refractivity contribution in [1.82, 2.24) is 15.1 Å². The predicted molar refractivity (Wildman–Crippen MR) is 196 cm³/mol. The number of aliphatic hydroxyl groups excluding tert-OH is 1. The van der Waals surface area contributed by atoms with E-state index in [0.717, 1.165) is 69.5 Å². The molecule has 5 rings (SSSR count). The number of methoxy groups -OCH3 is 1. The summed E-state index contributed by atoms with van der Waals surface area (Å²) in [5, 5.41) is 13.2. The Morgan fingerprint density at radius 3 is 2.04 bits per heavy atom. The number of halogens is 3. The minimum Gasteiger partial charge on any atom is -0.497 e. The number of hydrogen-bond acceptors (Lipinski definition) is 9. The molecule has 0 bridgehead atoms. The van der Waals surface area contributed by atoms with E-state index in [0.29, 0.717) is 19.2 Å². The van der Waals surface area contributed by atoms with Crippen molar-refractivity contribution in [2.75, 3.05) is 77.6 Å². The molecule has 0 aliphatic carbocycles. The maximum absolute atomic E-state index is 10.0. The van der Waals surface area contributed by atoms with Gasteiger partial charge < -0.3 is 34.4 Å². The topological polar surface area (TPSA) is 69.7 Å². The molecule has 256 valence electrons. The predicted octanol–water partition coefficient (Wildman–Crippen LogP) is 6.39. The van der Waals surface area contributed by atoms with Crippen molar-refractivity contribution in [2.45, 2.75) is 42.2 Å². The van der Waals surface area contributed by atoms with E-state index >= 15 is 0 Å². The molecule has 0 amide bonds. The molecular weight excluding hydrogens is 667 g/mol. The van der Waals surface area contributed by atoms with E-state index in [4.69, 9.17) is 14.2 Å². The smallest absolute Gasteiger partial charge is 0.121 e. The second-order valence-corrected chi connectivity index (χ2v) is 12.5.